The molecule has 3 aromatic rings. The maximum Gasteiger partial charge on any atom is 0.203 e. The summed E-state index contributed by atoms with van der Waals surface area (Å²) in [7, 11) is 0. The molecule has 0 saturated carbocycles. The molecule has 0 saturated heterocycles. The second-order valence-electron chi connectivity index (χ2n) is 4.61. The van der Waals surface area contributed by atoms with Gasteiger partial charge in [-0.1, -0.05) is 0 Å². The van der Waals surface area contributed by atoms with Crippen LogP contribution in [0.3, 0.4) is 0 Å². The predicted octanol–water partition coefficient (Wildman–Crippen LogP) is 2.89. The lowest BCUT2D eigenvalue weighted by Crippen LogP contribution is -2.01. The SMILES string of the molecule is O=c1cc(-c2ccc(O)c(O)c2)oc2c(O)c(O)c(I)cc12. The van der Waals surface area contributed by atoms with Gasteiger partial charge < -0.3 is 24.8 Å². The average molecular weight is 412 g/mol. The highest BCUT2D eigenvalue weighted by atomic mass is 127. The molecule has 1 heterocycles. The summed E-state index contributed by atoms with van der Waals surface area (Å²) in [6.45, 7) is 0. The maximum atomic E-state index is 12.2. The quantitative estimate of drug-likeness (QED) is 0.362. The van der Waals surface area contributed by atoms with Gasteiger partial charge in [-0.05, 0) is 46.9 Å². The second kappa shape index (κ2) is 5.09. The molecule has 0 amide bonds. The monoisotopic (exact) mass is 412 g/mol. The highest BCUT2D eigenvalue weighted by Crippen LogP contribution is 2.38. The Kier molecular flexibility index (Phi) is 3.36. The average Bonchev–Trinajstić information content (AvgIpc) is 2.49. The number of phenolic OH excluding ortho intramolecular Hbond substituents is 4. The van der Waals surface area contributed by atoms with Crippen LogP contribution in [0.2, 0.25) is 0 Å². The summed E-state index contributed by atoms with van der Waals surface area (Å²) in [5, 5.41) is 38.7. The number of aromatic hydroxyl groups is 4. The van der Waals surface area contributed by atoms with E-state index in [9.17, 15) is 25.2 Å². The Morgan fingerprint density at radius 3 is 2.32 bits per heavy atom. The van der Waals surface area contributed by atoms with E-state index in [4.69, 9.17) is 4.42 Å². The third-order valence-electron chi connectivity index (χ3n) is 3.18. The molecule has 0 aliphatic carbocycles. The minimum absolute atomic E-state index is 0.0868. The van der Waals surface area contributed by atoms with Crippen molar-refractivity contribution in [3.63, 3.8) is 0 Å². The first-order chi connectivity index (χ1) is 10.4. The van der Waals surface area contributed by atoms with Crippen molar-refractivity contribution in [2.24, 2.45) is 0 Å². The number of rotatable bonds is 1. The molecule has 7 heteroatoms. The van der Waals surface area contributed by atoms with Crippen LogP contribution in [0, 0.1) is 3.57 Å². The molecule has 0 fully saturated rings. The van der Waals surface area contributed by atoms with Gasteiger partial charge in [0, 0.05) is 11.6 Å². The molecule has 0 atom stereocenters. The second-order valence-corrected chi connectivity index (χ2v) is 5.77. The van der Waals surface area contributed by atoms with Crippen molar-refractivity contribution in [1.82, 2.24) is 0 Å². The van der Waals surface area contributed by atoms with Gasteiger partial charge in [-0.3, -0.25) is 4.79 Å². The van der Waals surface area contributed by atoms with E-state index in [1.807, 2.05) is 0 Å². The minimum atomic E-state index is -0.524. The maximum absolute atomic E-state index is 12.2. The number of hydrogen-bond acceptors (Lipinski definition) is 6. The smallest absolute Gasteiger partial charge is 0.203 e. The molecule has 0 spiro atoms. The van der Waals surface area contributed by atoms with Crippen LogP contribution in [0.5, 0.6) is 23.0 Å². The van der Waals surface area contributed by atoms with E-state index < -0.39 is 11.2 Å². The molecule has 0 radical (unpaired) electrons. The van der Waals surface area contributed by atoms with Crippen LogP contribution in [0.15, 0.2) is 39.5 Å². The highest BCUT2D eigenvalue weighted by Gasteiger charge is 2.16. The molecule has 112 valence electrons. The summed E-state index contributed by atoms with van der Waals surface area (Å²) in [6.07, 6.45) is 0. The van der Waals surface area contributed by atoms with Crippen molar-refractivity contribution < 1.29 is 24.8 Å². The van der Waals surface area contributed by atoms with E-state index in [1.54, 1.807) is 22.6 Å². The summed E-state index contributed by atoms with van der Waals surface area (Å²) in [6, 6.07) is 6.54. The van der Waals surface area contributed by atoms with Gasteiger partial charge in [-0.2, -0.15) is 0 Å². The standard InChI is InChI=1S/C15H9IO6/c16-8-4-7-10(18)5-12(22-15(7)14(21)13(8)20)6-1-2-9(17)11(19)3-6/h1-5,17,19-21H. The third kappa shape index (κ3) is 2.23. The first kappa shape index (κ1) is 14.5. The van der Waals surface area contributed by atoms with E-state index >= 15 is 0 Å². The van der Waals surface area contributed by atoms with Crippen LogP contribution in [0.1, 0.15) is 0 Å². The molecule has 0 aliphatic rings. The first-order valence-electron chi connectivity index (χ1n) is 6.09. The number of fused-ring (bicyclic) bond motifs is 1. The Morgan fingerprint density at radius 1 is 0.909 bits per heavy atom. The van der Waals surface area contributed by atoms with Gasteiger partial charge in [0.2, 0.25) is 5.75 Å². The Hall–Kier alpha value is -2.42. The van der Waals surface area contributed by atoms with Crippen molar-refractivity contribution in [3.05, 3.63) is 44.1 Å². The lowest BCUT2D eigenvalue weighted by Gasteiger charge is -2.07. The fourth-order valence-electron chi connectivity index (χ4n) is 2.05. The van der Waals surface area contributed by atoms with Crippen LogP contribution >= 0.6 is 22.6 Å². The molecule has 1 aromatic heterocycles. The molecule has 0 bridgehead atoms. The third-order valence-corrected chi connectivity index (χ3v) is 4.00. The van der Waals surface area contributed by atoms with E-state index in [1.165, 1.54) is 30.3 Å². The zero-order valence-corrected chi connectivity index (χ0v) is 13.0. The highest BCUT2D eigenvalue weighted by molar-refractivity contribution is 14.1. The van der Waals surface area contributed by atoms with Crippen molar-refractivity contribution in [1.29, 1.82) is 0 Å². The van der Waals surface area contributed by atoms with Crippen molar-refractivity contribution in [2.45, 2.75) is 0 Å². The topological polar surface area (TPSA) is 111 Å². The van der Waals surface area contributed by atoms with E-state index in [0.29, 0.717) is 9.13 Å². The van der Waals surface area contributed by atoms with Crippen molar-refractivity contribution in [2.75, 3.05) is 0 Å². The van der Waals surface area contributed by atoms with Crippen LogP contribution < -0.4 is 5.43 Å². The van der Waals surface area contributed by atoms with Crippen molar-refractivity contribution >= 4 is 33.6 Å². The fourth-order valence-corrected chi connectivity index (χ4v) is 2.62. The summed E-state index contributed by atoms with van der Waals surface area (Å²) < 4.78 is 5.81. The molecule has 0 aliphatic heterocycles. The molecule has 6 nitrogen and oxygen atoms in total. The first-order valence-corrected chi connectivity index (χ1v) is 7.17. The number of benzene rings is 2. The zero-order valence-electron chi connectivity index (χ0n) is 10.9. The van der Waals surface area contributed by atoms with E-state index in [0.717, 1.165) is 0 Å². The van der Waals surface area contributed by atoms with Crippen LogP contribution in [0.25, 0.3) is 22.3 Å². The van der Waals surface area contributed by atoms with Crippen LogP contribution in [-0.4, -0.2) is 20.4 Å². The number of hydrogen-bond donors (Lipinski definition) is 4. The molecule has 4 N–H and O–H groups in total. The van der Waals surface area contributed by atoms with E-state index in [-0.39, 0.29) is 34.0 Å². The minimum Gasteiger partial charge on any atom is -0.504 e. The summed E-state index contributed by atoms with van der Waals surface area (Å²) >= 11 is 1.79. The normalized spacial score (nSPS) is 11.0. The van der Waals surface area contributed by atoms with Gasteiger partial charge >= 0.3 is 0 Å². The molecule has 2 aromatic carbocycles. The summed E-state index contributed by atoms with van der Waals surface area (Å²) in [4.78, 5) is 12.2. The summed E-state index contributed by atoms with van der Waals surface area (Å²) in [5.74, 6) is -1.48. The molecular formula is C15H9IO6. The zero-order chi connectivity index (χ0) is 16.0. The number of halogens is 1. The van der Waals surface area contributed by atoms with Gasteiger partial charge in [-0.25, -0.2) is 0 Å². The lowest BCUT2D eigenvalue weighted by molar-refractivity contribution is 0.397. The molecule has 3 rings (SSSR count). The van der Waals surface area contributed by atoms with Gasteiger partial charge in [0.1, 0.15) is 5.76 Å². The Balaban J connectivity index is 2.33. The van der Waals surface area contributed by atoms with Crippen LogP contribution in [-0.2, 0) is 0 Å². The van der Waals surface area contributed by atoms with Crippen LogP contribution in [0.4, 0.5) is 0 Å². The Morgan fingerprint density at radius 2 is 1.64 bits per heavy atom. The Bertz CT molecular complexity index is 960. The fraction of sp³-hybridized carbons (Fsp3) is 0. The van der Waals surface area contributed by atoms with Gasteiger partial charge in [0.25, 0.3) is 0 Å². The number of phenols is 4. The van der Waals surface area contributed by atoms with Gasteiger partial charge in [0.05, 0.1) is 8.96 Å². The summed E-state index contributed by atoms with van der Waals surface area (Å²) in [5.41, 5.74) is -0.211. The van der Waals surface area contributed by atoms with Gasteiger partial charge in [0.15, 0.2) is 28.3 Å². The molecule has 0 unspecified atom stereocenters. The molecular weight excluding hydrogens is 403 g/mol. The van der Waals surface area contributed by atoms with E-state index in [2.05, 4.69) is 0 Å². The van der Waals surface area contributed by atoms with Gasteiger partial charge in [-0.15, -0.1) is 0 Å². The lowest BCUT2D eigenvalue weighted by atomic mass is 10.1. The largest absolute Gasteiger partial charge is 0.504 e. The predicted molar refractivity (Wildman–Crippen MR) is 87.3 cm³/mol. The molecule has 22 heavy (non-hydrogen) atoms. The Labute approximate surface area is 137 Å². The van der Waals surface area contributed by atoms with Crippen molar-refractivity contribution in [3.8, 4) is 34.3 Å².